The van der Waals surface area contributed by atoms with Gasteiger partial charge in [0.15, 0.2) is 0 Å². The molecule has 3 rings (SSSR count). The first-order valence-electron chi connectivity index (χ1n) is 8.06. The van der Waals surface area contributed by atoms with Crippen molar-refractivity contribution in [2.45, 2.75) is 12.4 Å². The third kappa shape index (κ3) is 4.08. The fourth-order valence-corrected chi connectivity index (χ4v) is 2.90. The smallest absolute Gasteiger partial charge is 0.417 e. The second-order valence-electron chi connectivity index (χ2n) is 6.01. The summed E-state index contributed by atoms with van der Waals surface area (Å²) in [5, 5.41) is 9.19. The monoisotopic (exact) mass is 411 g/mol. The zero-order chi connectivity index (χ0) is 21.4. The predicted octanol–water partition coefficient (Wildman–Crippen LogP) is 6.15. The van der Waals surface area contributed by atoms with E-state index in [4.69, 9.17) is 0 Å². The quantitative estimate of drug-likeness (QED) is 0.526. The van der Waals surface area contributed by atoms with Crippen molar-refractivity contribution in [3.8, 4) is 22.4 Å². The number of carbonyl (C=O) groups is 1. The summed E-state index contributed by atoms with van der Waals surface area (Å²) in [6, 6.07) is 9.41. The first kappa shape index (κ1) is 20.4. The van der Waals surface area contributed by atoms with Crippen LogP contribution in [-0.2, 0) is 12.4 Å². The van der Waals surface area contributed by atoms with E-state index in [9.17, 15) is 36.2 Å². The molecular weight excluding hydrogens is 400 g/mol. The van der Waals surface area contributed by atoms with Crippen molar-refractivity contribution in [3.63, 3.8) is 0 Å². The summed E-state index contributed by atoms with van der Waals surface area (Å²) in [6.07, 6.45) is -8.79. The summed E-state index contributed by atoms with van der Waals surface area (Å²) in [5.74, 6) is -1.47. The van der Waals surface area contributed by atoms with Crippen LogP contribution < -0.4 is 0 Å². The molecule has 29 heavy (non-hydrogen) atoms. The number of carboxylic acids is 1. The Morgan fingerprint density at radius 2 is 1.24 bits per heavy atom. The van der Waals surface area contributed by atoms with Crippen LogP contribution in [0, 0.1) is 0 Å². The standard InChI is InChI=1S/C20H11F6NO2/c21-19(22,23)15-7-3-1-5-12(15)14-9-11(18(28)29)10-27-17(14)13-6-2-4-8-16(13)20(24,25)26/h1-10H,(H,28,29). The Kier molecular flexibility index (Phi) is 5.08. The number of aromatic carboxylic acids is 1. The zero-order valence-electron chi connectivity index (χ0n) is 14.3. The highest BCUT2D eigenvalue weighted by molar-refractivity contribution is 5.92. The molecule has 1 heterocycles. The Morgan fingerprint density at radius 1 is 0.759 bits per heavy atom. The van der Waals surface area contributed by atoms with Crippen LogP contribution in [0.5, 0.6) is 0 Å². The number of hydrogen-bond acceptors (Lipinski definition) is 2. The number of alkyl halides is 6. The average molecular weight is 411 g/mol. The molecule has 0 atom stereocenters. The molecule has 1 aromatic heterocycles. The molecule has 3 aromatic rings. The van der Waals surface area contributed by atoms with E-state index in [1.165, 1.54) is 12.1 Å². The zero-order valence-corrected chi connectivity index (χ0v) is 14.3. The van der Waals surface area contributed by atoms with Crippen LogP contribution in [0.15, 0.2) is 60.8 Å². The number of benzene rings is 2. The van der Waals surface area contributed by atoms with Crippen molar-refractivity contribution in [1.29, 1.82) is 0 Å². The lowest BCUT2D eigenvalue weighted by atomic mass is 9.92. The molecule has 0 saturated heterocycles. The highest BCUT2D eigenvalue weighted by Crippen LogP contribution is 2.43. The number of aromatic nitrogens is 1. The number of halogens is 6. The van der Waals surface area contributed by atoms with Crippen LogP contribution in [0.2, 0.25) is 0 Å². The molecule has 0 amide bonds. The van der Waals surface area contributed by atoms with E-state index in [1.54, 1.807) is 0 Å². The third-order valence-electron chi connectivity index (χ3n) is 4.14. The van der Waals surface area contributed by atoms with Gasteiger partial charge in [-0.25, -0.2) is 4.79 Å². The molecule has 0 bridgehead atoms. The fourth-order valence-electron chi connectivity index (χ4n) is 2.90. The molecule has 0 aliphatic rings. The van der Waals surface area contributed by atoms with Crippen LogP contribution in [0.1, 0.15) is 21.5 Å². The van der Waals surface area contributed by atoms with Gasteiger partial charge in [-0.1, -0.05) is 36.4 Å². The van der Waals surface area contributed by atoms with Gasteiger partial charge < -0.3 is 5.11 Å². The summed E-state index contributed by atoms with van der Waals surface area (Å²) >= 11 is 0. The SMILES string of the molecule is O=C(O)c1cnc(-c2ccccc2C(F)(F)F)c(-c2ccccc2C(F)(F)F)c1. The van der Waals surface area contributed by atoms with Crippen molar-refractivity contribution in [2.75, 3.05) is 0 Å². The molecule has 0 spiro atoms. The Balaban J connectivity index is 2.39. The van der Waals surface area contributed by atoms with E-state index in [2.05, 4.69) is 4.98 Å². The van der Waals surface area contributed by atoms with Gasteiger partial charge in [-0.05, 0) is 23.8 Å². The molecule has 2 aromatic carbocycles. The van der Waals surface area contributed by atoms with E-state index in [0.29, 0.717) is 0 Å². The van der Waals surface area contributed by atoms with Gasteiger partial charge in [-0.3, -0.25) is 4.98 Å². The molecule has 9 heteroatoms. The van der Waals surface area contributed by atoms with Gasteiger partial charge in [0.05, 0.1) is 22.4 Å². The van der Waals surface area contributed by atoms with Gasteiger partial charge in [0, 0.05) is 17.3 Å². The Labute approximate surface area is 160 Å². The minimum absolute atomic E-state index is 0.366. The van der Waals surface area contributed by atoms with E-state index in [-0.39, 0.29) is 5.56 Å². The van der Waals surface area contributed by atoms with Crippen LogP contribution in [0.25, 0.3) is 22.4 Å². The highest BCUT2D eigenvalue weighted by atomic mass is 19.4. The summed E-state index contributed by atoms with van der Waals surface area (Å²) in [5.41, 5.74) is -4.36. The number of rotatable bonds is 3. The molecule has 3 nitrogen and oxygen atoms in total. The summed E-state index contributed by atoms with van der Waals surface area (Å²) < 4.78 is 80.8. The number of nitrogens with zero attached hydrogens (tertiary/aromatic N) is 1. The van der Waals surface area contributed by atoms with Crippen LogP contribution >= 0.6 is 0 Å². The van der Waals surface area contributed by atoms with Crippen LogP contribution in [0.4, 0.5) is 26.3 Å². The molecule has 0 unspecified atom stereocenters. The van der Waals surface area contributed by atoms with Crippen LogP contribution in [-0.4, -0.2) is 16.1 Å². The van der Waals surface area contributed by atoms with Crippen molar-refractivity contribution in [3.05, 3.63) is 77.5 Å². The van der Waals surface area contributed by atoms with Crippen molar-refractivity contribution >= 4 is 5.97 Å². The number of pyridine rings is 1. The first-order chi connectivity index (χ1) is 13.5. The first-order valence-corrected chi connectivity index (χ1v) is 8.06. The maximum absolute atomic E-state index is 13.5. The Bertz CT molecular complexity index is 1070. The lowest BCUT2D eigenvalue weighted by Crippen LogP contribution is -2.10. The Hall–Kier alpha value is -3.36. The van der Waals surface area contributed by atoms with Crippen molar-refractivity contribution in [2.24, 2.45) is 0 Å². The van der Waals surface area contributed by atoms with Crippen molar-refractivity contribution in [1.82, 2.24) is 4.98 Å². The third-order valence-corrected chi connectivity index (χ3v) is 4.14. The number of hydrogen-bond donors (Lipinski definition) is 1. The lowest BCUT2D eigenvalue weighted by molar-refractivity contribution is -0.138. The molecule has 0 aliphatic heterocycles. The van der Waals surface area contributed by atoms with Crippen molar-refractivity contribution < 1.29 is 36.2 Å². The molecule has 0 aliphatic carbocycles. The number of carboxylic acid groups (broad SMARTS) is 1. The van der Waals surface area contributed by atoms with Gasteiger partial charge >= 0.3 is 18.3 Å². The lowest BCUT2D eigenvalue weighted by Gasteiger charge is -2.18. The van der Waals surface area contributed by atoms with Gasteiger partial charge in [0.2, 0.25) is 0 Å². The summed E-state index contributed by atoms with van der Waals surface area (Å²) in [4.78, 5) is 15.1. The largest absolute Gasteiger partial charge is 0.478 e. The van der Waals surface area contributed by atoms with E-state index in [1.807, 2.05) is 0 Å². The molecule has 0 saturated carbocycles. The average Bonchev–Trinajstić information content (AvgIpc) is 2.66. The summed E-state index contributed by atoms with van der Waals surface area (Å²) in [6.45, 7) is 0. The predicted molar refractivity (Wildman–Crippen MR) is 92.1 cm³/mol. The van der Waals surface area contributed by atoms with Crippen LogP contribution in [0.3, 0.4) is 0 Å². The van der Waals surface area contributed by atoms with E-state index in [0.717, 1.165) is 48.7 Å². The molecule has 0 fully saturated rings. The minimum Gasteiger partial charge on any atom is -0.478 e. The maximum atomic E-state index is 13.5. The fraction of sp³-hybridized carbons (Fsp3) is 0.100. The molecule has 150 valence electrons. The summed E-state index contributed by atoms with van der Waals surface area (Å²) in [7, 11) is 0. The second kappa shape index (κ2) is 7.23. The minimum atomic E-state index is -4.81. The van der Waals surface area contributed by atoms with Gasteiger partial charge in [0.25, 0.3) is 0 Å². The highest BCUT2D eigenvalue weighted by Gasteiger charge is 2.36. The molecule has 0 radical (unpaired) electrons. The van der Waals surface area contributed by atoms with Gasteiger partial charge in [0.1, 0.15) is 0 Å². The van der Waals surface area contributed by atoms with Gasteiger partial charge in [-0.15, -0.1) is 0 Å². The van der Waals surface area contributed by atoms with E-state index >= 15 is 0 Å². The topological polar surface area (TPSA) is 50.2 Å². The molecular formula is C20H11F6NO2. The van der Waals surface area contributed by atoms with E-state index < -0.39 is 51.8 Å². The Morgan fingerprint density at radius 3 is 1.76 bits per heavy atom. The maximum Gasteiger partial charge on any atom is 0.417 e. The van der Waals surface area contributed by atoms with Gasteiger partial charge in [-0.2, -0.15) is 26.3 Å². The normalized spacial score (nSPS) is 12.1. The molecule has 1 N–H and O–H groups in total. The second-order valence-corrected chi connectivity index (χ2v) is 6.01.